The van der Waals surface area contributed by atoms with Crippen molar-refractivity contribution >= 4 is 33.8 Å². The Morgan fingerprint density at radius 3 is 2.57 bits per heavy atom. The largest absolute Gasteiger partial charge is 0.495 e. The molecule has 1 aliphatic heterocycles. The molecule has 1 fully saturated rings. The van der Waals surface area contributed by atoms with Crippen molar-refractivity contribution in [2.45, 2.75) is 13.8 Å². The van der Waals surface area contributed by atoms with Gasteiger partial charge in [-0.3, -0.25) is 4.79 Å². The predicted molar refractivity (Wildman–Crippen MR) is 122 cm³/mol. The molecule has 2 heterocycles. The maximum Gasteiger partial charge on any atom is 0.273 e. The van der Waals surface area contributed by atoms with Crippen LogP contribution in [-0.2, 0) is 0 Å². The van der Waals surface area contributed by atoms with Gasteiger partial charge in [0.2, 0.25) is 0 Å². The molecule has 1 aliphatic rings. The molecule has 6 nitrogen and oxygen atoms in total. The average molecular weight is 423 g/mol. The zero-order valence-corrected chi connectivity index (χ0v) is 18.3. The highest BCUT2D eigenvalue weighted by molar-refractivity contribution is 7.14. The molecule has 0 spiro atoms. The van der Waals surface area contributed by atoms with Crippen molar-refractivity contribution in [1.29, 1.82) is 0 Å². The van der Waals surface area contributed by atoms with E-state index in [1.807, 2.05) is 35.4 Å². The molecule has 4 rings (SSSR count). The van der Waals surface area contributed by atoms with Crippen LogP contribution in [0.1, 0.15) is 21.6 Å². The lowest BCUT2D eigenvalue weighted by molar-refractivity contribution is 0.0742. The van der Waals surface area contributed by atoms with E-state index in [1.165, 1.54) is 22.6 Å². The number of aromatic nitrogens is 1. The van der Waals surface area contributed by atoms with Crippen LogP contribution in [0.3, 0.4) is 0 Å². The van der Waals surface area contributed by atoms with Gasteiger partial charge in [-0.2, -0.15) is 0 Å². The minimum atomic E-state index is -0.0144. The van der Waals surface area contributed by atoms with E-state index in [9.17, 15) is 4.79 Å². The van der Waals surface area contributed by atoms with Gasteiger partial charge in [-0.25, -0.2) is 4.98 Å². The lowest BCUT2D eigenvalue weighted by Gasteiger charge is -2.36. The van der Waals surface area contributed by atoms with E-state index in [0.29, 0.717) is 23.9 Å². The number of carbonyl (C=O) groups is 1. The van der Waals surface area contributed by atoms with Crippen LogP contribution in [0.4, 0.5) is 16.5 Å². The van der Waals surface area contributed by atoms with Gasteiger partial charge < -0.3 is 19.9 Å². The van der Waals surface area contributed by atoms with Crippen LogP contribution in [-0.4, -0.2) is 49.1 Å². The van der Waals surface area contributed by atoms with Gasteiger partial charge in [0.1, 0.15) is 11.4 Å². The molecule has 1 aromatic heterocycles. The van der Waals surface area contributed by atoms with E-state index in [0.717, 1.165) is 30.1 Å². The molecule has 30 heavy (non-hydrogen) atoms. The Balaban J connectivity index is 1.40. The highest BCUT2D eigenvalue weighted by Crippen LogP contribution is 2.30. The fourth-order valence-electron chi connectivity index (χ4n) is 3.62. The zero-order valence-electron chi connectivity index (χ0n) is 17.5. The Labute approximate surface area is 181 Å². The monoisotopic (exact) mass is 422 g/mol. The number of rotatable bonds is 5. The van der Waals surface area contributed by atoms with Crippen molar-refractivity contribution in [3.05, 3.63) is 64.7 Å². The fraction of sp³-hybridized carbons (Fsp3) is 0.304. The number of aryl methyl sites for hydroxylation is 2. The summed E-state index contributed by atoms with van der Waals surface area (Å²) in [6, 6.07) is 14.4. The van der Waals surface area contributed by atoms with Crippen molar-refractivity contribution in [2.24, 2.45) is 0 Å². The molecular weight excluding hydrogens is 396 g/mol. The van der Waals surface area contributed by atoms with Gasteiger partial charge in [0.05, 0.1) is 12.8 Å². The predicted octanol–water partition coefficient (Wildman–Crippen LogP) is 4.47. The number of nitrogens with one attached hydrogen (secondary N) is 1. The van der Waals surface area contributed by atoms with Crippen molar-refractivity contribution < 1.29 is 9.53 Å². The van der Waals surface area contributed by atoms with Crippen molar-refractivity contribution in [2.75, 3.05) is 43.5 Å². The summed E-state index contributed by atoms with van der Waals surface area (Å²) in [5, 5.41) is 5.78. The molecule has 0 aliphatic carbocycles. The normalized spacial score (nSPS) is 14.0. The lowest BCUT2D eigenvalue weighted by atomic mass is 10.2. The van der Waals surface area contributed by atoms with Crippen LogP contribution < -0.4 is 15.0 Å². The van der Waals surface area contributed by atoms with Crippen LogP contribution in [0, 0.1) is 13.8 Å². The molecular formula is C23H26N4O2S. The number of carbonyl (C=O) groups excluding carboxylic acids is 1. The third kappa shape index (κ3) is 4.41. The number of thiazole rings is 1. The topological polar surface area (TPSA) is 57.7 Å². The van der Waals surface area contributed by atoms with Gasteiger partial charge in [-0.15, -0.1) is 11.3 Å². The first-order valence-corrected chi connectivity index (χ1v) is 10.9. The lowest BCUT2D eigenvalue weighted by Crippen LogP contribution is -2.48. The first-order valence-electron chi connectivity index (χ1n) is 10.0. The van der Waals surface area contributed by atoms with E-state index >= 15 is 0 Å². The summed E-state index contributed by atoms with van der Waals surface area (Å²) in [6.07, 6.45) is 0. The van der Waals surface area contributed by atoms with Gasteiger partial charge in [0, 0.05) is 37.2 Å². The van der Waals surface area contributed by atoms with E-state index in [-0.39, 0.29) is 5.91 Å². The molecule has 1 amide bonds. The average Bonchev–Trinajstić information content (AvgIpc) is 3.22. The molecule has 0 radical (unpaired) electrons. The van der Waals surface area contributed by atoms with Gasteiger partial charge in [-0.1, -0.05) is 18.2 Å². The van der Waals surface area contributed by atoms with Crippen LogP contribution in [0.2, 0.25) is 0 Å². The summed E-state index contributed by atoms with van der Waals surface area (Å²) in [7, 11) is 1.64. The van der Waals surface area contributed by atoms with Crippen molar-refractivity contribution in [3.63, 3.8) is 0 Å². The molecule has 0 bridgehead atoms. The molecule has 0 saturated carbocycles. The van der Waals surface area contributed by atoms with E-state index in [2.05, 4.69) is 46.4 Å². The Kier molecular flexibility index (Phi) is 5.90. The molecule has 2 aromatic carbocycles. The number of nitrogens with zero attached hydrogens (tertiary/aromatic N) is 3. The van der Waals surface area contributed by atoms with E-state index in [4.69, 9.17) is 4.74 Å². The quantitative estimate of drug-likeness (QED) is 0.657. The molecule has 1 N–H and O–H groups in total. The second-order valence-corrected chi connectivity index (χ2v) is 8.34. The maximum atomic E-state index is 12.9. The second kappa shape index (κ2) is 8.75. The number of hydrogen-bond donors (Lipinski definition) is 1. The third-order valence-corrected chi connectivity index (χ3v) is 6.01. The summed E-state index contributed by atoms with van der Waals surface area (Å²) >= 11 is 1.43. The zero-order chi connectivity index (χ0) is 21.1. The van der Waals surface area contributed by atoms with Gasteiger partial charge in [0.25, 0.3) is 5.91 Å². The minimum absolute atomic E-state index is 0.0144. The number of benzene rings is 2. The van der Waals surface area contributed by atoms with E-state index < -0.39 is 0 Å². The standard InChI is InChI=1S/C23H26N4O2S/c1-16-5-4-6-18(13-16)26-9-11-27(12-10-26)22(28)20-15-30-23(25-20)24-19-14-17(2)7-8-21(19)29-3/h4-8,13-15H,9-12H2,1-3H3,(H,24,25). The molecule has 1 saturated heterocycles. The highest BCUT2D eigenvalue weighted by atomic mass is 32.1. The highest BCUT2D eigenvalue weighted by Gasteiger charge is 2.24. The minimum Gasteiger partial charge on any atom is -0.495 e. The summed E-state index contributed by atoms with van der Waals surface area (Å²) in [6.45, 7) is 7.16. The van der Waals surface area contributed by atoms with Crippen LogP contribution in [0.15, 0.2) is 47.8 Å². The maximum absolute atomic E-state index is 12.9. The van der Waals surface area contributed by atoms with Gasteiger partial charge >= 0.3 is 0 Å². The van der Waals surface area contributed by atoms with Crippen LogP contribution >= 0.6 is 11.3 Å². The Bertz CT molecular complexity index is 1040. The first kappa shape index (κ1) is 20.2. The Hall–Kier alpha value is -3.06. The smallest absolute Gasteiger partial charge is 0.273 e. The first-order chi connectivity index (χ1) is 14.5. The van der Waals surface area contributed by atoms with Crippen LogP contribution in [0.25, 0.3) is 0 Å². The summed E-state index contributed by atoms with van der Waals surface area (Å²) in [5.74, 6) is 0.732. The second-order valence-electron chi connectivity index (χ2n) is 7.48. The molecule has 156 valence electrons. The molecule has 0 unspecified atom stereocenters. The van der Waals surface area contributed by atoms with Gasteiger partial charge in [-0.05, 0) is 49.2 Å². The number of anilines is 3. The summed E-state index contributed by atoms with van der Waals surface area (Å²) < 4.78 is 5.41. The Morgan fingerprint density at radius 1 is 1.07 bits per heavy atom. The number of amides is 1. The fourth-order valence-corrected chi connectivity index (χ4v) is 4.32. The van der Waals surface area contributed by atoms with Crippen molar-refractivity contribution in [3.8, 4) is 5.75 Å². The molecule has 3 aromatic rings. The third-order valence-electron chi connectivity index (χ3n) is 5.25. The summed E-state index contributed by atoms with van der Waals surface area (Å²) in [4.78, 5) is 21.7. The number of ether oxygens (including phenoxy) is 1. The number of piperazine rings is 1. The van der Waals surface area contributed by atoms with Crippen LogP contribution in [0.5, 0.6) is 5.75 Å². The van der Waals surface area contributed by atoms with Gasteiger partial charge in [0.15, 0.2) is 5.13 Å². The molecule has 0 atom stereocenters. The summed E-state index contributed by atoms with van der Waals surface area (Å²) in [5.41, 5.74) is 4.92. The molecule has 7 heteroatoms. The number of methoxy groups -OCH3 is 1. The van der Waals surface area contributed by atoms with Crippen molar-refractivity contribution in [1.82, 2.24) is 9.88 Å². The SMILES string of the molecule is COc1ccc(C)cc1Nc1nc(C(=O)N2CCN(c3cccc(C)c3)CC2)cs1. The number of hydrogen-bond acceptors (Lipinski definition) is 6. The Morgan fingerprint density at radius 2 is 1.83 bits per heavy atom. The van der Waals surface area contributed by atoms with E-state index in [1.54, 1.807) is 7.11 Å².